The second kappa shape index (κ2) is 10.3. The topological polar surface area (TPSA) is 95.1 Å². The normalized spacial score (nSPS) is 12.2. The van der Waals surface area contributed by atoms with Gasteiger partial charge < -0.3 is 13.8 Å². The number of ether oxygens (including phenoxy) is 1. The Morgan fingerprint density at radius 2 is 2.00 bits per heavy atom. The van der Waals surface area contributed by atoms with Gasteiger partial charge in [0.1, 0.15) is 12.4 Å². The predicted molar refractivity (Wildman–Crippen MR) is 115 cm³/mol. The predicted octanol–water partition coefficient (Wildman–Crippen LogP) is 4.32. The van der Waals surface area contributed by atoms with Gasteiger partial charge in [-0.15, -0.1) is 10.2 Å². The van der Waals surface area contributed by atoms with E-state index in [9.17, 15) is 4.79 Å². The first-order chi connectivity index (χ1) is 14.4. The second-order valence-electron chi connectivity index (χ2n) is 7.42. The van der Waals surface area contributed by atoms with Gasteiger partial charge in [-0.25, -0.2) is 0 Å². The minimum atomic E-state index is -0.389. The molecule has 0 radical (unpaired) electrons. The second-order valence-corrected chi connectivity index (χ2v) is 8.72. The maximum absolute atomic E-state index is 12.5. The number of thioether (sulfide) groups is 1. The number of carbonyl (C=O) groups excluding carboxylic acids is 1. The number of amides is 1. The molecule has 0 aliphatic heterocycles. The fourth-order valence-electron chi connectivity index (χ4n) is 2.65. The summed E-state index contributed by atoms with van der Waals surface area (Å²) in [5, 5.41) is 15.5. The average Bonchev–Trinajstić information content (AvgIpc) is 3.30. The van der Waals surface area contributed by atoms with E-state index in [1.807, 2.05) is 41.8 Å². The van der Waals surface area contributed by atoms with Crippen molar-refractivity contribution in [2.75, 3.05) is 5.32 Å². The van der Waals surface area contributed by atoms with Gasteiger partial charge in [0.15, 0.2) is 11.0 Å². The maximum Gasteiger partial charge on any atom is 0.240 e. The molecule has 160 valence electrons. The Morgan fingerprint density at radius 3 is 2.67 bits per heavy atom. The molecule has 0 bridgehead atoms. The molecule has 1 aromatic carbocycles. The molecule has 0 aliphatic rings. The lowest BCUT2D eigenvalue weighted by molar-refractivity contribution is -0.115. The number of rotatable bonds is 10. The quantitative estimate of drug-likeness (QED) is 0.480. The first kappa shape index (κ1) is 21.9. The van der Waals surface area contributed by atoms with E-state index in [1.54, 1.807) is 13.0 Å². The molecule has 30 heavy (non-hydrogen) atoms. The average molecular weight is 430 g/mol. The SMILES string of the molecule is Cc1cc(NC(=O)C(C)Sc2nnc(COc3ccccc3)n2CCC(C)C)on1. The molecule has 0 saturated heterocycles. The van der Waals surface area contributed by atoms with Crippen LogP contribution in [0.2, 0.25) is 0 Å². The van der Waals surface area contributed by atoms with Crippen LogP contribution in [0.1, 0.15) is 38.7 Å². The first-order valence-corrected chi connectivity index (χ1v) is 10.8. The molecular weight excluding hydrogens is 402 g/mol. The molecule has 0 spiro atoms. The van der Waals surface area contributed by atoms with Crippen LogP contribution in [0.25, 0.3) is 0 Å². The number of nitrogens with one attached hydrogen (secondary N) is 1. The first-order valence-electron chi connectivity index (χ1n) is 9.93. The third-order valence-corrected chi connectivity index (χ3v) is 5.44. The number of nitrogens with zero attached hydrogens (tertiary/aromatic N) is 4. The van der Waals surface area contributed by atoms with Crippen LogP contribution in [-0.2, 0) is 17.9 Å². The number of para-hydroxylation sites is 1. The molecule has 0 fully saturated rings. The van der Waals surface area contributed by atoms with E-state index in [0.29, 0.717) is 29.3 Å². The summed E-state index contributed by atoms with van der Waals surface area (Å²) in [5.74, 6) is 2.20. The van der Waals surface area contributed by atoms with Crippen LogP contribution in [-0.4, -0.2) is 31.1 Å². The van der Waals surface area contributed by atoms with Crippen LogP contribution in [0.15, 0.2) is 46.1 Å². The summed E-state index contributed by atoms with van der Waals surface area (Å²) in [7, 11) is 0. The largest absolute Gasteiger partial charge is 0.486 e. The lowest BCUT2D eigenvalue weighted by Gasteiger charge is -2.14. The molecule has 0 saturated carbocycles. The molecule has 3 rings (SSSR count). The van der Waals surface area contributed by atoms with Crippen molar-refractivity contribution in [2.24, 2.45) is 5.92 Å². The van der Waals surface area contributed by atoms with Crippen LogP contribution in [0.4, 0.5) is 5.88 Å². The molecule has 2 aromatic heterocycles. The number of aromatic nitrogens is 4. The van der Waals surface area contributed by atoms with Crippen molar-refractivity contribution in [3.8, 4) is 5.75 Å². The summed E-state index contributed by atoms with van der Waals surface area (Å²) in [5.41, 5.74) is 0.710. The molecular formula is C21H27N5O3S. The van der Waals surface area contributed by atoms with E-state index < -0.39 is 0 Å². The zero-order valence-corrected chi connectivity index (χ0v) is 18.5. The van der Waals surface area contributed by atoms with E-state index in [0.717, 1.165) is 24.5 Å². The molecule has 9 heteroatoms. The van der Waals surface area contributed by atoms with Gasteiger partial charge in [-0.3, -0.25) is 10.1 Å². The summed E-state index contributed by atoms with van der Waals surface area (Å²) in [6, 6.07) is 11.3. The van der Waals surface area contributed by atoms with Crippen molar-refractivity contribution in [1.29, 1.82) is 0 Å². The van der Waals surface area contributed by atoms with Crippen LogP contribution >= 0.6 is 11.8 Å². The number of benzene rings is 1. The van der Waals surface area contributed by atoms with Crippen molar-refractivity contribution in [3.05, 3.63) is 47.9 Å². The van der Waals surface area contributed by atoms with Crippen molar-refractivity contribution >= 4 is 23.6 Å². The molecule has 1 atom stereocenters. The standard InChI is InChI=1S/C21H27N5O3S/c1-14(2)10-11-26-18(13-28-17-8-6-5-7-9-17)23-24-21(26)30-16(4)20(27)22-19-12-15(3)25-29-19/h5-9,12,14,16H,10-11,13H2,1-4H3,(H,22,27). The van der Waals surface area contributed by atoms with Gasteiger partial charge in [0.2, 0.25) is 11.8 Å². The highest BCUT2D eigenvalue weighted by molar-refractivity contribution is 8.00. The van der Waals surface area contributed by atoms with Gasteiger partial charge in [-0.1, -0.05) is 49.0 Å². The van der Waals surface area contributed by atoms with E-state index in [-0.39, 0.29) is 11.2 Å². The fraction of sp³-hybridized carbons (Fsp3) is 0.429. The Balaban J connectivity index is 1.68. The smallest absolute Gasteiger partial charge is 0.240 e. The van der Waals surface area contributed by atoms with Crippen molar-refractivity contribution in [3.63, 3.8) is 0 Å². The Bertz CT molecular complexity index is 955. The lowest BCUT2D eigenvalue weighted by atomic mass is 10.1. The summed E-state index contributed by atoms with van der Waals surface area (Å²) in [4.78, 5) is 12.5. The summed E-state index contributed by atoms with van der Waals surface area (Å²) >= 11 is 1.36. The number of hydrogen-bond donors (Lipinski definition) is 1. The molecule has 3 aromatic rings. The van der Waals surface area contributed by atoms with Gasteiger partial charge in [0, 0.05) is 12.6 Å². The van der Waals surface area contributed by atoms with Crippen LogP contribution < -0.4 is 10.1 Å². The molecule has 2 heterocycles. The van der Waals surface area contributed by atoms with E-state index in [1.165, 1.54) is 11.8 Å². The van der Waals surface area contributed by atoms with Gasteiger partial charge in [-0.05, 0) is 38.3 Å². The van der Waals surface area contributed by atoms with Gasteiger partial charge >= 0.3 is 0 Å². The zero-order chi connectivity index (χ0) is 21.5. The summed E-state index contributed by atoms with van der Waals surface area (Å²) < 4.78 is 13.0. The third-order valence-electron chi connectivity index (χ3n) is 4.36. The van der Waals surface area contributed by atoms with E-state index in [2.05, 4.69) is 34.5 Å². The minimum absolute atomic E-state index is 0.184. The van der Waals surface area contributed by atoms with Gasteiger partial charge in [0.05, 0.1) is 10.9 Å². The Hall–Kier alpha value is -2.81. The van der Waals surface area contributed by atoms with Crippen molar-refractivity contribution < 1.29 is 14.1 Å². The summed E-state index contributed by atoms with van der Waals surface area (Å²) in [6.07, 6.45) is 0.974. The zero-order valence-electron chi connectivity index (χ0n) is 17.7. The lowest BCUT2D eigenvalue weighted by Crippen LogP contribution is -2.23. The minimum Gasteiger partial charge on any atom is -0.486 e. The van der Waals surface area contributed by atoms with Crippen molar-refractivity contribution in [1.82, 2.24) is 19.9 Å². The highest BCUT2D eigenvalue weighted by Gasteiger charge is 2.21. The molecule has 1 N–H and O–H groups in total. The number of hydrogen-bond acceptors (Lipinski definition) is 7. The Kier molecular flexibility index (Phi) is 7.51. The molecule has 8 nitrogen and oxygen atoms in total. The van der Waals surface area contributed by atoms with Crippen LogP contribution in [0, 0.1) is 12.8 Å². The number of aryl methyl sites for hydroxylation is 1. The highest BCUT2D eigenvalue weighted by atomic mass is 32.2. The molecule has 0 aliphatic carbocycles. The monoisotopic (exact) mass is 429 g/mol. The van der Waals surface area contributed by atoms with Crippen LogP contribution in [0.5, 0.6) is 5.75 Å². The summed E-state index contributed by atoms with van der Waals surface area (Å²) in [6.45, 7) is 9.04. The van der Waals surface area contributed by atoms with Crippen LogP contribution in [0.3, 0.4) is 0 Å². The molecule has 1 amide bonds. The third kappa shape index (κ3) is 6.09. The van der Waals surface area contributed by atoms with Gasteiger partial charge in [0.25, 0.3) is 0 Å². The molecule has 1 unspecified atom stereocenters. The van der Waals surface area contributed by atoms with Gasteiger partial charge in [-0.2, -0.15) is 0 Å². The Labute approximate surface area is 180 Å². The van der Waals surface area contributed by atoms with E-state index >= 15 is 0 Å². The number of carbonyl (C=O) groups is 1. The van der Waals surface area contributed by atoms with E-state index in [4.69, 9.17) is 9.26 Å². The maximum atomic E-state index is 12.5. The number of anilines is 1. The highest BCUT2D eigenvalue weighted by Crippen LogP contribution is 2.25. The fourth-order valence-corrected chi connectivity index (χ4v) is 3.54. The van der Waals surface area contributed by atoms with Crippen molar-refractivity contribution in [2.45, 2.75) is 57.7 Å². The Morgan fingerprint density at radius 1 is 1.23 bits per heavy atom.